The average Bonchev–Trinajstić information content (AvgIpc) is 3.30. The fraction of sp³-hybridized carbons (Fsp3) is 0.500. The lowest BCUT2D eigenvalue weighted by Crippen LogP contribution is -2.40. The maximum Gasteiger partial charge on any atom is 0.226 e. The molecule has 4 rings (SSSR count). The summed E-state index contributed by atoms with van der Waals surface area (Å²) in [4.78, 5) is 19.7. The second-order valence-corrected chi connectivity index (χ2v) is 7.11. The Kier molecular flexibility index (Phi) is 4.32. The van der Waals surface area contributed by atoms with Gasteiger partial charge in [0.1, 0.15) is 11.6 Å². The van der Waals surface area contributed by atoms with E-state index in [0.717, 1.165) is 50.2 Å². The maximum absolute atomic E-state index is 13.1. The molecule has 1 aromatic carbocycles. The predicted molar refractivity (Wildman–Crippen MR) is 93.5 cm³/mol. The van der Waals surface area contributed by atoms with E-state index < -0.39 is 0 Å². The number of hydrogen-bond donors (Lipinski definition) is 0. The van der Waals surface area contributed by atoms with E-state index in [-0.39, 0.29) is 29.6 Å². The van der Waals surface area contributed by atoms with Crippen LogP contribution >= 0.6 is 0 Å². The standard InChI is InChI=1S/C20H24FN3O/c1-2-23-12-10-22-19(23)18-5-3-4-11-24(18)20(25)17-13-16(17)14-6-8-15(21)9-7-14/h6-10,12,16-18H,2-5,11,13H2,1H3/t16-,17+,18-/m0/s1. The minimum atomic E-state index is -0.227. The molecule has 1 amide bonds. The van der Waals surface area contributed by atoms with E-state index in [1.807, 2.05) is 29.4 Å². The summed E-state index contributed by atoms with van der Waals surface area (Å²) < 4.78 is 15.3. The Labute approximate surface area is 147 Å². The van der Waals surface area contributed by atoms with Crippen LogP contribution in [0.5, 0.6) is 0 Å². The van der Waals surface area contributed by atoms with Crippen molar-refractivity contribution in [3.63, 3.8) is 0 Å². The normalized spacial score (nSPS) is 25.8. The van der Waals surface area contributed by atoms with Crippen LogP contribution in [0.15, 0.2) is 36.7 Å². The Morgan fingerprint density at radius 2 is 2.08 bits per heavy atom. The molecule has 1 aliphatic carbocycles. The van der Waals surface area contributed by atoms with Crippen molar-refractivity contribution >= 4 is 5.91 Å². The van der Waals surface area contributed by atoms with Crippen molar-refractivity contribution in [3.05, 3.63) is 53.9 Å². The van der Waals surface area contributed by atoms with Gasteiger partial charge in [0.25, 0.3) is 0 Å². The molecule has 2 aromatic rings. The first-order valence-corrected chi connectivity index (χ1v) is 9.26. The van der Waals surface area contributed by atoms with Gasteiger partial charge >= 0.3 is 0 Å². The molecule has 2 fully saturated rings. The molecule has 132 valence electrons. The number of benzene rings is 1. The number of nitrogens with zero attached hydrogens (tertiary/aromatic N) is 3. The number of carbonyl (C=O) groups is 1. The third-order valence-electron chi connectivity index (χ3n) is 5.58. The van der Waals surface area contributed by atoms with Gasteiger partial charge in [-0.15, -0.1) is 0 Å². The van der Waals surface area contributed by atoms with E-state index in [0.29, 0.717) is 0 Å². The molecule has 2 aliphatic rings. The summed E-state index contributed by atoms with van der Waals surface area (Å²) in [5.74, 6) is 1.30. The summed E-state index contributed by atoms with van der Waals surface area (Å²) in [6, 6.07) is 6.68. The fourth-order valence-electron chi connectivity index (χ4n) is 4.11. The highest BCUT2D eigenvalue weighted by atomic mass is 19.1. The van der Waals surface area contributed by atoms with Crippen molar-refractivity contribution < 1.29 is 9.18 Å². The third kappa shape index (κ3) is 3.08. The highest BCUT2D eigenvalue weighted by Gasteiger charge is 2.47. The molecule has 4 nitrogen and oxygen atoms in total. The zero-order valence-electron chi connectivity index (χ0n) is 14.6. The highest BCUT2D eigenvalue weighted by molar-refractivity contribution is 5.83. The van der Waals surface area contributed by atoms with Gasteiger partial charge in [-0.05, 0) is 56.2 Å². The van der Waals surface area contributed by atoms with Crippen molar-refractivity contribution in [1.29, 1.82) is 0 Å². The number of aryl methyl sites for hydroxylation is 1. The van der Waals surface area contributed by atoms with Crippen LogP contribution < -0.4 is 0 Å². The van der Waals surface area contributed by atoms with Gasteiger partial charge in [0.15, 0.2) is 0 Å². The first-order chi connectivity index (χ1) is 12.2. The summed E-state index contributed by atoms with van der Waals surface area (Å²) in [6.07, 6.45) is 7.87. The van der Waals surface area contributed by atoms with Crippen molar-refractivity contribution in [1.82, 2.24) is 14.5 Å². The summed E-state index contributed by atoms with van der Waals surface area (Å²) in [5, 5.41) is 0. The number of rotatable bonds is 4. The minimum Gasteiger partial charge on any atom is -0.333 e. The molecular weight excluding hydrogens is 317 g/mol. The Morgan fingerprint density at radius 1 is 1.28 bits per heavy atom. The van der Waals surface area contributed by atoms with Gasteiger partial charge in [-0.3, -0.25) is 4.79 Å². The van der Waals surface area contributed by atoms with Gasteiger partial charge in [-0.1, -0.05) is 12.1 Å². The van der Waals surface area contributed by atoms with Gasteiger partial charge in [0, 0.05) is 31.4 Å². The second-order valence-electron chi connectivity index (χ2n) is 7.11. The van der Waals surface area contributed by atoms with Crippen molar-refractivity contribution in [3.8, 4) is 0 Å². The van der Waals surface area contributed by atoms with Crippen LogP contribution in [-0.2, 0) is 11.3 Å². The first kappa shape index (κ1) is 16.3. The lowest BCUT2D eigenvalue weighted by Gasteiger charge is -2.35. The van der Waals surface area contributed by atoms with Crippen LogP contribution in [0.3, 0.4) is 0 Å². The van der Waals surface area contributed by atoms with Crippen LogP contribution in [0, 0.1) is 11.7 Å². The van der Waals surface area contributed by atoms with Crippen LogP contribution in [0.4, 0.5) is 4.39 Å². The van der Waals surface area contributed by atoms with E-state index in [9.17, 15) is 9.18 Å². The Balaban J connectivity index is 1.51. The van der Waals surface area contributed by atoms with Gasteiger partial charge < -0.3 is 9.47 Å². The summed E-state index contributed by atoms with van der Waals surface area (Å²) >= 11 is 0. The third-order valence-corrected chi connectivity index (χ3v) is 5.58. The zero-order chi connectivity index (χ0) is 17.4. The fourth-order valence-corrected chi connectivity index (χ4v) is 4.11. The number of halogens is 1. The van der Waals surface area contributed by atoms with Crippen molar-refractivity contribution in [2.75, 3.05) is 6.54 Å². The van der Waals surface area contributed by atoms with Gasteiger partial charge in [-0.2, -0.15) is 0 Å². The number of imidazole rings is 1. The smallest absolute Gasteiger partial charge is 0.226 e. The molecule has 0 spiro atoms. The monoisotopic (exact) mass is 341 g/mol. The minimum absolute atomic E-state index is 0.0381. The number of likely N-dealkylation sites (tertiary alicyclic amines) is 1. The molecule has 25 heavy (non-hydrogen) atoms. The highest BCUT2D eigenvalue weighted by Crippen LogP contribution is 2.49. The molecule has 0 N–H and O–H groups in total. The quantitative estimate of drug-likeness (QED) is 0.846. The molecular formula is C20H24FN3O. The Hall–Kier alpha value is -2.17. The van der Waals surface area contributed by atoms with Gasteiger partial charge in [-0.25, -0.2) is 9.37 Å². The van der Waals surface area contributed by atoms with Crippen LogP contribution in [0.25, 0.3) is 0 Å². The molecule has 1 aliphatic heterocycles. The topological polar surface area (TPSA) is 38.1 Å². The van der Waals surface area contributed by atoms with E-state index in [1.54, 1.807) is 0 Å². The molecule has 1 saturated carbocycles. The maximum atomic E-state index is 13.1. The summed E-state index contributed by atoms with van der Waals surface area (Å²) in [7, 11) is 0. The molecule has 0 bridgehead atoms. The lowest BCUT2D eigenvalue weighted by atomic mass is 10.00. The van der Waals surface area contributed by atoms with Crippen molar-refractivity contribution in [2.24, 2.45) is 5.92 Å². The van der Waals surface area contributed by atoms with Gasteiger partial charge in [0.2, 0.25) is 5.91 Å². The largest absolute Gasteiger partial charge is 0.333 e. The molecule has 1 aromatic heterocycles. The van der Waals surface area contributed by atoms with Crippen LogP contribution in [0.2, 0.25) is 0 Å². The predicted octanol–water partition coefficient (Wildman–Crippen LogP) is 3.90. The summed E-state index contributed by atoms with van der Waals surface area (Å²) in [5.41, 5.74) is 1.07. The molecule has 2 heterocycles. The van der Waals surface area contributed by atoms with E-state index in [4.69, 9.17) is 0 Å². The van der Waals surface area contributed by atoms with E-state index in [1.165, 1.54) is 12.1 Å². The second kappa shape index (κ2) is 6.62. The van der Waals surface area contributed by atoms with Crippen LogP contribution in [-0.4, -0.2) is 26.9 Å². The van der Waals surface area contributed by atoms with Crippen molar-refractivity contribution in [2.45, 2.75) is 51.1 Å². The molecule has 0 radical (unpaired) electrons. The number of amides is 1. The number of piperidine rings is 1. The Bertz CT molecular complexity index is 755. The SMILES string of the molecule is CCn1ccnc1[C@@H]1CCCCN1C(=O)[C@@H]1C[C@H]1c1ccc(F)cc1. The Morgan fingerprint density at radius 3 is 2.84 bits per heavy atom. The lowest BCUT2D eigenvalue weighted by molar-refractivity contribution is -0.136. The first-order valence-electron chi connectivity index (χ1n) is 9.26. The number of carbonyl (C=O) groups excluding carboxylic acids is 1. The molecule has 5 heteroatoms. The van der Waals surface area contributed by atoms with Crippen LogP contribution in [0.1, 0.15) is 56.0 Å². The number of hydrogen-bond acceptors (Lipinski definition) is 2. The zero-order valence-corrected chi connectivity index (χ0v) is 14.6. The summed E-state index contributed by atoms with van der Waals surface area (Å²) in [6.45, 7) is 3.79. The van der Waals surface area contributed by atoms with Gasteiger partial charge in [0.05, 0.1) is 6.04 Å². The molecule has 3 atom stereocenters. The van der Waals surface area contributed by atoms with E-state index in [2.05, 4.69) is 16.5 Å². The number of aromatic nitrogens is 2. The molecule has 1 saturated heterocycles. The molecule has 0 unspecified atom stereocenters. The van der Waals surface area contributed by atoms with E-state index >= 15 is 0 Å². The average molecular weight is 341 g/mol.